The molecule has 0 aromatic carbocycles. The van der Waals surface area contributed by atoms with Crippen molar-refractivity contribution in [1.82, 2.24) is 29.4 Å². The normalized spacial score (nSPS) is 11.9. The number of fused-ring (bicyclic) bond motifs is 3. The summed E-state index contributed by atoms with van der Waals surface area (Å²) in [7, 11) is 0. The van der Waals surface area contributed by atoms with Gasteiger partial charge in [0, 0.05) is 4.88 Å². The molecular formula is C16H17BrN6S. The van der Waals surface area contributed by atoms with Crippen LogP contribution in [0.15, 0.2) is 10.8 Å². The van der Waals surface area contributed by atoms with E-state index in [1.807, 2.05) is 18.5 Å². The Balaban J connectivity index is 1.86. The van der Waals surface area contributed by atoms with Gasteiger partial charge in [0.25, 0.3) is 0 Å². The summed E-state index contributed by atoms with van der Waals surface area (Å²) in [5.41, 5.74) is 4.26. The van der Waals surface area contributed by atoms with E-state index in [2.05, 4.69) is 45.0 Å². The molecule has 0 amide bonds. The molecule has 4 aromatic heterocycles. The van der Waals surface area contributed by atoms with E-state index in [-0.39, 0.29) is 0 Å². The highest BCUT2D eigenvalue weighted by Gasteiger charge is 2.17. The average molecular weight is 405 g/mol. The minimum absolute atomic E-state index is 0.548. The minimum Gasteiger partial charge on any atom is -0.261 e. The van der Waals surface area contributed by atoms with Crippen molar-refractivity contribution in [1.29, 1.82) is 0 Å². The van der Waals surface area contributed by atoms with Crippen LogP contribution in [0.4, 0.5) is 0 Å². The van der Waals surface area contributed by atoms with E-state index >= 15 is 0 Å². The van der Waals surface area contributed by atoms with Crippen molar-refractivity contribution in [2.75, 3.05) is 0 Å². The summed E-state index contributed by atoms with van der Waals surface area (Å²) in [5, 5.41) is 10.3. The molecule has 0 saturated carbocycles. The summed E-state index contributed by atoms with van der Waals surface area (Å²) in [6, 6.07) is 0. The quantitative estimate of drug-likeness (QED) is 0.520. The van der Waals surface area contributed by atoms with Crippen LogP contribution in [-0.4, -0.2) is 29.4 Å². The molecule has 0 saturated heterocycles. The molecule has 0 aliphatic heterocycles. The van der Waals surface area contributed by atoms with Crippen LogP contribution in [0, 0.1) is 20.8 Å². The summed E-state index contributed by atoms with van der Waals surface area (Å²) in [4.78, 5) is 11.7. The fraction of sp³-hybridized carbons (Fsp3) is 0.375. The number of halogens is 1. The predicted molar refractivity (Wildman–Crippen MR) is 98.8 cm³/mol. The number of hydrogen-bond acceptors (Lipinski definition) is 5. The van der Waals surface area contributed by atoms with Gasteiger partial charge in [-0.15, -0.1) is 16.4 Å². The van der Waals surface area contributed by atoms with Gasteiger partial charge in [-0.2, -0.15) is 5.10 Å². The first kappa shape index (κ1) is 15.7. The number of rotatable bonds is 3. The average Bonchev–Trinajstić information content (AvgIpc) is 3.17. The van der Waals surface area contributed by atoms with Crippen LogP contribution in [-0.2, 0) is 13.0 Å². The lowest BCUT2D eigenvalue weighted by Crippen LogP contribution is -2.05. The standard InChI is InChI=1S/C16H17BrN6S/c1-5-11-10(4)24-16-13(11)15-19-12(21-23(15)7-18-16)6-22-9(3)14(17)8(2)20-22/h7H,5-6H2,1-4H3. The number of thiophene rings is 1. The van der Waals surface area contributed by atoms with Crippen molar-refractivity contribution in [2.45, 2.75) is 40.7 Å². The van der Waals surface area contributed by atoms with Crippen LogP contribution in [0.1, 0.15) is 34.6 Å². The lowest BCUT2D eigenvalue weighted by molar-refractivity contribution is 0.630. The molecule has 4 heterocycles. The lowest BCUT2D eigenvalue weighted by Gasteiger charge is -1.99. The predicted octanol–water partition coefficient (Wildman–Crippen LogP) is 3.83. The Bertz CT molecular complexity index is 1070. The molecule has 0 radical (unpaired) electrons. The molecule has 8 heteroatoms. The van der Waals surface area contributed by atoms with Crippen LogP contribution < -0.4 is 0 Å². The smallest absolute Gasteiger partial charge is 0.173 e. The molecule has 0 aliphatic rings. The second kappa shape index (κ2) is 5.63. The Morgan fingerprint density at radius 1 is 1.21 bits per heavy atom. The first-order valence-corrected chi connectivity index (χ1v) is 9.42. The first-order chi connectivity index (χ1) is 11.5. The fourth-order valence-corrected chi connectivity index (χ4v) is 4.43. The second-order valence-electron chi connectivity index (χ2n) is 5.85. The number of nitrogens with zero attached hydrogens (tertiary/aromatic N) is 6. The molecule has 0 fully saturated rings. The molecule has 0 N–H and O–H groups in total. The molecule has 124 valence electrons. The van der Waals surface area contributed by atoms with Gasteiger partial charge in [0.15, 0.2) is 11.5 Å². The molecular weight excluding hydrogens is 388 g/mol. The summed E-state index contributed by atoms with van der Waals surface area (Å²) in [6.45, 7) is 8.89. The Kier molecular flexibility index (Phi) is 3.69. The number of aromatic nitrogens is 6. The Hall–Kier alpha value is -1.80. The summed E-state index contributed by atoms with van der Waals surface area (Å²) in [6.07, 6.45) is 2.72. The maximum absolute atomic E-state index is 4.78. The van der Waals surface area contributed by atoms with E-state index in [1.165, 1.54) is 10.4 Å². The van der Waals surface area contributed by atoms with E-state index in [1.54, 1.807) is 22.2 Å². The zero-order valence-electron chi connectivity index (χ0n) is 14.0. The van der Waals surface area contributed by atoms with E-state index in [0.29, 0.717) is 6.54 Å². The van der Waals surface area contributed by atoms with E-state index in [0.717, 1.165) is 44.0 Å². The topological polar surface area (TPSA) is 60.9 Å². The van der Waals surface area contributed by atoms with E-state index in [4.69, 9.17) is 4.98 Å². The van der Waals surface area contributed by atoms with Crippen LogP contribution in [0.2, 0.25) is 0 Å². The second-order valence-corrected chi connectivity index (χ2v) is 7.85. The minimum atomic E-state index is 0.548. The lowest BCUT2D eigenvalue weighted by atomic mass is 10.1. The van der Waals surface area contributed by atoms with Crippen LogP contribution in [0.25, 0.3) is 15.9 Å². The van der Waals surface area contributed by atoms with Crippen molar-refractivity contribution in [3.8, 4) is 0 Å². The van der Waals surface area contributed by atoms with Crippen LogP contribution in [0.3, 0.4) is 0 Å². The third kappa shape index (κ3) is 2.28. The zero-order valence-corrected chi connectivity index (χ0v) is 16.4. The summed E-state index contributed by atoms with van der Waals surface area (Å²) < 4.78 is 4.75. The molecule has 0 atom stereocenters. The van der Waals surface area contributed by atoms with Crippen molar-refractivity contribution < 1.29 is 0 Å². The van der Waals surface area contributed by atoms with Crippen molar-refractivity contribution in [2.24, 2.45) is 0 Å². The van der Waals surface area contributed by atoms with Gasteiger partial charge in [0.05, 0.1) is 21.2 Å². The van der Waals surface area contributed by atoms with Gasteiger partial charge in [-0.05, 0) is 48.7 Å². The molecule has 4 aromatic rings. The highest BCUT2D eigenvalue weighted by molar-refractivity contribution is 9.10. The molecule has 4 rings (SSSR count). The summed E-state index contributed by atoms with van der Waals surface area (Å²) >= 11 is 5.29. The largest absolute Gasteiger partial charge is 0.261 e. The first-order valence-electron chi connectivity index (χ1n) is 7.81. The van der Waals surface area contributed by atoms with Gasteiger partial charge in [0.1, 0.15) is 17.7 Å². The van der Waals surface area contributed by atoms with Crippen LogP contribution >= 0.6 is 27.3 Å². The molecule has 24 heavy (non-hydrogen) atoms. The van der Waals surface area contributed by atoms with Gasteiger partial charge in [-0.3, -0.25) is 4.68 Å². The third-order valence-electron chi connectivity index (χ3n) is 4.31. The maximum atomic E-state index is 4.78. The van der Waals surface area contributed by atoms with Gasteiger partial charge in [-0.1, -0.05) is 6.92 Å². The number of hydrogen-bond donors (Lipinski definition) is 0. The Labute approximate surface area is 151 Å². The van der Waals surface area contributed by atoms with E-state index < -0.39 is 0 Å². The van der Waals surface area contributed by atoms with Gasteiger partial charge >= 0.3 is 0 Å². The zero-order chi connectivity index (χ0) is 17.0. The van der Waals surface area contributed by atoms with Crippen molar-refractivity contribution in [3.63, 3.8) is 0 Å². The maximum Gasteiger partial charge on any atom is 0.173 e. The Morgan fingerprint density at radius 3 is 2.67 bits per heavy atom. The number of aryl methyl sites for hydroxylation is 3. The molecule has 0 spiro atoms. The monoisotopic (exact) mass is 404 g/mol. The van der Waals surface area contributed by atoms with Gasteiger partial charge in [-0.25, -0.2) is 14.5 Å². The van der Waals surface area contributed by atoms with E-state index in [9.17, 15) is 0 Å². The molecule has 0 unspecified atom stereocenters. The molecule has 0 bridgehead atoms. The van der Waals surface area contributed by atoms with Gasteiger partial charge in [0.2, 0.25) is 0 Å². The Morgan fingerprint density at radius 2 is 2.00 bits per heavy atom. The summed E-state index contributed by atoms with van der Waals surface area (Å²) in [5.74, 6) is 0.744. The fourth-order valence-electron chi connectivity index (χ4n) is 3.07. The third-order valence-corrected chi connectivity index (χ3v) is 6.51. The van der Waals surface area contributed by atoms with Crippen molar-refractivity contribution in [3.05, 3.63) is 38.5 Å². The van der Waals surface area contributed by atoms with Crippen LogP contribution in [0.5, 0.6) is 0 Å². The molecule has 0 aliphatic carbocycles. The highest BCUT2D eigenvalue weighted by atomic mass is 79.9. The highest BCUT2D eigenvalue weighted by Crippen LogP contribution is 2.32. The van der Waals surface area contributed by atoms with Crippen molar-refractivity contribution >= 4 is 43.1 Å². The molecule has 6 nitrogen and oxygen atoms in total. The SMILES string of the molecule is CCc1c(C)sc2ncn3nc(Cn4nc(C)c(Br)c4C)nc3c12. The van der Waals surface area contributed by atoms with Gasteiger partial charge < -0.3 is 0 Å².